The predicted molar refractivity (Wildman–Crippen MR) is 61.9 cm³/mol. The zero-order valence-electron chi connectivity index (χ0n) is 8.54. The molecule has 4 nitrogen and oxygen atoms in total. The first-order valence-corrected chi connectivity index (χ1v) is 5.65. The lowest BCUT2D eigenvalue weighted by molar-refractivity contribution is 0.686. The molecule has 15 heavy (non-hydrogen) atoms. The Morgan fingerprint density at radius 3 is 3.00 bits per heavy atom. The molecule has 0 aromatic carbocycles. The van der Waals surface area contributed by atoms with Crippen molar-refractivity contribution in [3.05, 3.63) is 11.3 Å². The molecule has 1 aliphatic rings. The Balaban J connectivity index is 1.78. The van der Waals surface area contributed by atoms with E-state index in [0.29, 0.717) is 16.7 Å². The van der Waals surface area contributed by atoms with Gasteiger partial charge in [0.25, 0.3) is 0 Å². The Morgan fingerprint density at radius 2 is 2.27 bits per heavy atom. The smallest absolute Gasteiger partial charge is 0.150 e. The molecule has 2 rings (SSSR count). The molecule has 1 aromatic rings. The number of hydrogen-bond acceptors (Lipinski definition) is 4. The fourth-order valence-electron chi connectivity index (χ4n) is 1.51. The molecule has 1 saturated carbocycles. The van der Waals surface area contributed by atoms with Gasteiger partial charge in [-0.15, -0.1) is 0 Å². The highest BCUT2D eigenvalue weighted by Gasteiger charge is 2.20. The van der Waals surface area contributed by atoms with Crippen LogP contribution in [0.25, 0.3) is 0 Å². The van der Waals surface area contributed by atoms with Gasteiger partial charge in [-0.05, 0) is 18.8 Å². The number of aromatic nitrogens is 2. The van der Waals surface area contributed by atoms with E-state index in [1.54, 1.807) is 0 Å². The van der Waals surface area contributed by atoms with Crippen LogP contribution in [-0.4, -0.2) is 16.5 Å². The lowest BCUT2D eigenvalue weighted by atomic mass is 10.2. The van der Waals surface area contributed by atoms with Crippen LogP contribution in [0.1, 0.15) is 25.7 Å². The Morgan fingerprint density at radius 1 is 1.47 bits per heavy atom. The van der Waals surface area contributed by atoms with Crippen LogP contribution in [0.3, 0.4) is 0 Å². The monoisotopic (exact) mass is 226 g/mol. The number of anilines is 2. The number of nitrogens with one attached hydrogen (secondary N) is 1. The van der Waals surface area contributed by atoms with Gasteiger partial charge in [-0.2, -0.15) is 0 Å². The Hall–Kier alpha value is -1.03. The number of nitrogens with two attached hydrogens (primary N) is 1. The summed E-state index contributed by atoms with van der Waals surface area (Å²) in [5.41, 5.74) is 5.56. The molecule has 3 N–H and O–H groups in total. The topological polar surface area (TPSA) is 63.8 Å². The third-order valence-electron chi connectivity index (χ3n) is 2.59. The fraction of sp³-hybridized carbons (Fsp3) is 0.600. The SMILES string of the molecule is Nc1ncnc(NCCCC2CC2)c1Cl. The van der Waals surface area contributed by atoms with Crippen LogP contribution in [0.4, 0.5) is 11.6 Å². The Bertz CT molecular complexity index is 338. The molecule has 1 heterocycles. The summed E-state index contributed by atoms with van der Waals surface area (Å²) in [6, 6.07) is 0. The van der Waals surface area contributed by atoms with Crippen molar-refractivity contribution in [2.75, 3.05) is 17.6 Å². The van der Waals surface area contributed by atoms with Crippen molar-refractivity contribution in [3.63, 3.8) is 0 Å². The lowest BCUT2D eigenvalue weighted by Crippen LogP contribution is -2.06. The molecule has 5 heteroatoms. The second kappa shape index (κ2) is 4.66. The summed E-state index contributed by atoms with van der Waals surface area (Å²) < 4.78 is 0. The van der Waals surface area contributed by atoms with Crippen LogP contribution in [-0.2, 0) is 0 Å². The van der Waals surface area contributed by atoms with E-state index < -0.39 is 0 Å². The molecule has 0 aliphatic heterocycles. The van der Waals surface area contributed by atoms with Crippen molar-refractivity contribution >= 4 is 23.2 Å². The first-order valence-electron chi connectivity index (χ1n) is 5.27. The maximum atomic E-state index is 5.93. The van der Waals surface area contributed by atoms with Crippen molar-refractivity contribution in [2.24, 2.45) is 5.92 Å². The van der Waals surface area contributed by atoms with Crippen LogP contribution in [0.15, 0.2) is 6.33 Å². The second-order valence-electron chi connectivity index (χ2n) is 3.93. The highest BCUT2D eigenvalue weighted by Crippen LogP contribution is 2.33. The van der Waals surface area contributed by atoms with Crippen molar-refractivity contribution in [2.45, 2.75) is 25.7 Å². The zero-order chi connectivity index (χ0) is 10.7. The van der Waals surface area contributed by atoms with Gasteiger partial charge in [0, 0.05) is 6.54 Å². The average molecular weight is 227 g/mol. The largest absolute Gasteiger partial charge is 0.382 e. The molecule has 0 radical (unpaired) electrons. The van der Waals surface area contributed by atoms with E-state index in [1.165, 1.54) is 25.6 Å². The van der Waals surface area contributed by atoms with Gasteiger partial charge >= 0.3 is 0 Å². The summed E-state index contributed by atoms with van der Waals surface area (Å²) in [5, 5.41) is 3.59. The molecule has 1 aromatic heterocycles. The minimum atomic E-state index is 0.330. The normalized spacial score (nSPS) is 15.3. The second-order valence-corrected chi connectivity index (χ2v) is 4.31. The molecule has 0 spiro atoms. The van der Waals surface area contributed by atoms with E-state index in [4.69, 9.17) is 17.3 Å². The number of halogens is 1. The Labute approximate surface area is 94.2 Å². The molecule has 0 amide bonds. The average Bonchev–Trinajstić information content (AvgIpc) is 3.02. The van der Waals surface area contributed by atoms with Crippen molar-refractivity contribution in [1.29, 1.82) is 0 Å². The van der Waals surface area contributed by atoms with Crippen LogP contribution >= 0.6 is 11.6 Å². The van der Waals surface area contributed by atoms with Gasteiger partial charge in [0.15, 0.2) is 0 Å². The zero-order valence-corrected chi connectivity index (χ0v) is 9.30. The summed E-state index contributed by atoms with van der Waals surface area (Å²) in [6.07, 6.45) is 6.68. The fourth-order valence-corrected chi connectivity index (χ4v) is 1.68. The van der Waals surface area contributed by atoms with E-state index in [1.807, 2.05) is 0 Å². The van der Waals surface area contributed by atoms with Gasteiger partial charge in [-0.25, -0.2) is 9.97 Å². The third kappa shape index (κ3) is 2.96. The van der Waals surface area contributed by atoms with E-state index in [-0.39, 0.29) is 0 Å². The maximum absolute atomic E-state index is 5.93. The summed E-state index contributed by atoms with van der Waals surface area (Å²) >= 11 is 5.93. The first-order chi connectivity index (χ1) is 7.27. The molecule has 0 unspecified atom stereocenters. The minimum absolute atomic E-state index is 0.330. The molecule has 0 saturated heterocycles. The molecule has 1 aliphatic carbocycles. The first kappa shape index (κ1) is 10.5. The number of hydrogen-bond donors (Lipinski definition) is 2. The highest BCUT2D eigenvalue weighted by atomic mass is 35.5. The maximum Gasteiger partial charge on any atom is 0.150 e. The van der Waals surface area contributed by atoms with Gasteiger partial charge in [0.2, 0.25) is 0 Å². The summed E-state index contributed by atoms with van der Waals surface area (Å²) in [7, 11) is 0. The molecular formula is C10H15ClN4. The quantitative estimate of drug-likeness (QED) is 0.757. The molecule has 0 bridgehead atoms. The van der Waals surface area contributed by atoms with Crippen LogP contribution in [0.5, 0.6) is 0 Å². The van der Waals surface area contributed by atoms with Crippen LogP contribution in [0.2, 0.25) is 5.02 Å². The van der Waals surface area contributed by atoms with Crippen molar-refractivity contribution in [3.8, 4) is 0 Å². The lowest BCUT2D eigenvalue weighted by Gasteiger charge is -2.07. The number of nitrogens with zero attached hydrogens (tertiary/aromatic N) is 2. The summed E-state index contributed by atoms with van der Waals surface area (Å²) in [4.78, 5) is 7.84. The molecule has 82 valence electrons. The molecule has 1 fully saturated rings. The van der Waals surface area contributed by atoms with Crippen LogP contribution in [0, 0.1) is 5.92 Å². The summed E-state index contributed by atoms with van der Waals surface area (Å²) in [5.74, 6) is 1.94. The number of nitrogen functional groups attached to an aromatic ring is 1. The van der Waals surface area contributed by atoms with E-state index in [0.717, 1.165) is 18.9 Å². The van der Waals surface area contributed by atoms with E-state index in [9.17, 15) is 0 Å². The van der Waals surface area contributed by atoms with Crippen molar-refractivity contribution in [1.82, 2.24) is 9.97 Å². The van der Waals surface area contributed by atoms with Gasteiger partial charge in [0.05, 0.1) is 0 Å². The Kier molecular flexibility index (Phi) is 3.26. The predicted octanol–water partition coefficient (Wildman–Crippen LogP) is 2.31. The van der Waals surface area contributed by atoms with Gasteiger partial charge in [0.1, 0.15) is 23.0 Å². The summed E-state index contributed by atoms with van der Waals surface area (Å²) in [6.45, 7) is 0.896. The van der Waals surface area contributed by atoms with Crippen molar-refractivity contribution < 1.29 is 0 Å². The van der Waals surface area contributed by atoms with Crippen LogP contribution < -0.4 is 11.1 Å². The van der Waals surface area contributed by atoms with Gasteiger partial charge < -0.3 is 11.1 Å². The molecular weight excluding hydrogens is 212 g/mol. The van der Waals surface area contributed by atoms with E-state index in [2.05, 4.69) is 15.3 Å². The van der Waals surface area contributed by atoms with Gasteiger partial charge in [-0.1, -0.05) is 24.4 Å². The number of rotatable bonds is 5. The highest BCUT2D eigenvalue weighted by molar-refractivity contribution is 6.35. The molecule has 0 atom stereocenters. The van der Waals surface area contributed by atoms with Gasteiger partial charge in [-0.3, -0.25) is 0 Å². The standard InChI is InChI=1S/C10H15ClN4/c11-8-9(12)14-6-15-10(8)13-5-1-2-7-3-4-7/h6-7H,1-5H2,(H3,12,13,14,15). The van der Waals surface area contributed by atoms with E-state index >= 15 is 0 Å². The minimum Gasteiger partial charge on any atom is -0.382 e. The third-order valence-corrected chi connectivity index (χ3v) is 2.97.